The summed E-state index contributed by atoms with van der Waals surface area (Å²) < 4.78 is 48.2. The first-order valence-electron chi connectivity index (χ1n) is 17.2. The van der Waals surface area contributed by atoms with Gasteiger partial charge in [-0.15, -0.1) is 10.2 Å². The van der Waals surface area contributed by atoms with Crippen molar-refractivity contribution in [2.75, 3.05) is 11.9 Å². The summed E-state index contributed by atoms with van der Waals surface area (Å²) in [5.41, 5.74) is -0.484. The van der Waals surface area contributed by atoms with Crippen LogP contribution in [0.4, 0.5) is 20.2 Å². The summed E-state index contributed by atoms with van der Waals surface area (Å²) in [7, 11) is -1.94. The van der Waals surface area contributed by atoms with Crippen LogP contribution in [0.3, 0.4) is 0 Å². The van der Waals surface area contributed by atoms with Gasteiger partial charge in [0.1, 0.15) is 16.8 Å². The molecule has 290 valence electrons. The Labute approximate surface area is 316 Å². The Bertz CT molecular complexity index is 2060. The molecule has 0 aliphatic carbocycles. The topological polar surface area (TPSA) is 184 Å². The highest BCUT2D eigenvalue weighted by atomic mass is 32.2. The van der Waals surface area contributed by atoms with E-state index < -0.39 is 50.2 Å². The second-order valence-corrected chi connectivity index (χ2v) is 18.3. The third kappa shape index (κ3) is 10.6. The summed E-state index contributed by atoms with van der Waals surface area (Å²) in [5.74, 6) is -0.230. The van der Waals surface area contributed by atoms with Crippen molar-refractivity contribution >= 4 is 33.9 Å². The normalized spacial score (nSPS) is 12.3. The number of anilines is 1. The van der Waals surface area contributed by atoms with Gasteiger partial charge in [0, 0.05) is 37.1 Å². The van der Waals surface area contributed by atoms with Crippen LogP contribution in [0.2, 0.25) is 0 Å². The molecule has 0 atom stereocenters. The van der Waals surface area contributed by atoms with Gasteiger partial charge < -0.3 is 23.5 Å². The summed E-state index contributed by atoms with van der Waals surface area (Å²) in [5, 5.41) is 7.82. The maximum atomic E-state index is 13.7. The molecule has 3 amide bonds. The number of amides is 3. The number of carbonyl (C=O) groups excluding carboxylic acids is 3. The van der Waals surface area contributed by atoms with E-state index in [-0.39, 0.29) is 34.6 Å². The first-order valence-corrected chi connectivity index (χ1v) is 18.7. The van der Waals surface area contributed by atoms with E-state index in [1.165, 1.54) is 35.5 Å². The minimum atomic E-state index is -3.58. The lowest BCUT2D eigenvalue weighted by Crippen LogP contribution is -2.44. The van der Waals surface area contributed by atoms with Crippen molar-refractivity contribution in [1.29, 1.82) is 0 Å². The van der Waals surface area contributed by atoms with Gasteiger partial charge in [0.15, 0.2) is 15.7 Å². The molecule has 0 saturated heterocycles. The van der Waals surface area contributed by atoms with Crippen LogP contribution in [0.15, 0.2) is 64.2 Å². The summed E-state index contributed by atoms with van der Waals surface area (Å²) in [4.78, 5) is 50.8. The molecule has 16 heteroatoms. The third-order valence-corrected chi connectivity index (χ3v) is 9.33. The smallest absolute Gasteiger partial charge is 0.425 e. The minimum Gasteiger partial charge on any atom is -0.444 e. The fourth-order valence-electron chi connectivity index (χ4n) is 4.67. The van der Waals surface area contributed by atoms with Gasteiger partial charge in [0.2, 0.25) is 5.89 Å². The van der Waals surface area contributed by atoms with Crippen molar-refractivity contribution in [3.8, 4) is 34.2 Å². The maximum absolute atomic E-state index is 13.7. The number of nitrogens with zero attached hydrogens (tertiary/aromatic N) is 6. The molecule has 0 N–H and O–H groups in total. The van der Waals surface area contributed by atoms with E-state index in [4.69, 9.17) is 18.6 Å². The van der Waals surface area contributed by atoms with Crippen LogP contribution in [0.5, 0.6) is 0 Å². The van der Waals surface area contributed by atoms with Crippen LogP contribution >= 0.6 is 0 Å². The van der Waals surface area contributed by atoms with Gasteiger partial charge in [0.25, 0.3) is 5.89 Å². The lowest BCUT2D eigenvalue weighted by molar-refractivity contribution is 0.0283. The molecular weight excluding hydrogens is 717 g/mol. The molecule has 0 aliphatic rings. The molecule has 15 nitrogen and oxygen atoms in total. The van der Waals surface area contributed by atoms with Crippen molar-refractivity contribution < 1.29 is 41.4 Å². The maximum Gasteiger partial charge on any atom is 0.425 e. The van der Waals surface area contributed by atoms with Crippen LogP contribution in [0.1, 0.15) is 81.7 Å². The van der Waals surface area contributed by atoms with Crippen molar-refractivity contribution in [2.45, 2.75) is 110 Å². The predicted molar refractivity (Wildman–Crippen MR) is 201 cm³/mol. The highest BCUT2D eigenvalue weighted by Crippen LogP contribution is 2.35. The molecule has 3 heterocycles. The van der Waals surface area contributed by atoms with Crippen molar-refractivity contribution in [2.24, 2.45) is 0 Å². The Kier molecular flexibility index (Phi) is 11.9. The lowest BCUT2D eigenvalue weighted by Gasteiger charge is -2.28. The van der Waals surface area contributed by atoms with Gasteiger partial charge in [-0.1, -0.05) is 12.1 Å². The van der Waals surface area contributed by atoms with Crippen LogP contribution in [0, 0.1) is 0 Å². The number of ether oxygens (including phenoxy) is 3. The van der Waals surface area contributed by atoms with Crippen molar-refractivity contribution in [3.63, 3.8) is 0 Å². The zero-order valence-electron chi connectivity index (χ0n) is 32.7. The van der Waals surface area contributed by atoms with Gasteiger partial charge in [-0.3, -0.25) is 4.98 Å². The van der Waals surface area contributed by atoms with Gasteiger partial charge >= 0.3 is 18.3 Å². The monoisotopic (exact) mass is 764 g/mol. The molecule has 0 bridgehead atoms. The number of imide groups is 1. The highest BCUT2D eigenvalue weighted by Gasteiger charge is 2.36. The predicted octanol–water partition coefficient (Wildman–Crippen LogP) is 8.09. The molecule has 0 saturated carbocycles. The Morgan fingerprint density at radius 3 is 1.76 bits per heavy atom. The van der Waals surface area contributed by atoms with E-state index in [2.05, 4.69) is 20.2 Å². The number of benzene rings is 1. The lowest BCUT2D eigenvalue weighted by atomic mass is 10.1. The second kappa shape index (κ2) is 15.5. The van der Waals surface area contributed by atoms with Crippen LogP contribution in [-0.4, -0.2) is 80.9 Å². The molecule has 0 aliphatic heterocycles. The zero-order valence-corrected chi connectivity index (χ0v) is 33.6. The van der Waals surface area contributed by atoms with Crippen LogP contribution in [0.25, 0.3) is 34.2 Å². The average molecular weight is 765 g/mol. The van der Waals surface area contributed by atoms with Gasteiger partial charge in [0.05, 0.1) is 21.4 Å². The van der Waals surface area contributed by atoms with E-state index in [9.17, 15) is 22.8 Å². The Morgan fingerprint density at radius 1 is 0.722 bits per heavy atom. The number of carbonyl (C=O) groups is 3. The molecular formula is C38H48N6O9S. The van der Waals surface area contributed by atoms with E-state index in [0.29, 0.717) is 21.7 Å². The number of sulfone groups is 1. The molecule has 3 aromatic heterocycles. The molecule has 54 heavy (non-hydrogen) atoms. The molecule has 4 aromatic rings. The number of aromatic nitrogens is 4. The Balaban J connectivity index is 1.80. The minimum absolute atomic E-state index is 0.0520. The first-order chi connectivity index (χ1) is 24.8. The Morgan fingerprint density at radius 2 is 1.26 bits per heavy atom. The molecule has 0 radical (unpaired) electrons. The summed E-state index contributed by atoms with van der Waals surface area (Å²) in [6.45, 7) is 18.7. The number of rotatable bonds is 8. The fraction of sp³-hybridized carbons (Fsp3) is 0.447. The van der Waals surface area contributed by atoms with E-state index in [1.807, 2.05) is 0 Å². The Hall–Kier alpha value is -5.38. The summed E-state index contributed by atoms with van der Waals surface area (Å²) in [6.07, 6.45) is 0.0334. The SMILES string of the molecule is CC(C)S(=O)(=O)c1ccc(-c2cnc(N(C(=O)OC(C)(C)C)C(=O)OC(C)(C)C)c(-c3nnc(-c4ccc(CN(C)C(=O)OC(C)(C)C)cc4)o3)c2)nc1. The zero-order chi connectivity index (χ0) is 40.4. The van der Waals surface area contributed by atoms with E-state index >= 15 is 0 Å². The van der Waals surface area contributed by atoms with Crippen LogP contribution in [-0.2, 0) is 30.6 Å². The van der Waals surface area contributed by atoms with Crippen LogP contribution < -0.4 is 4.90 Å². The molecule has 1 aromatic carbocycles. The van der Waals surface area contributed by atoms with E-state index in [1.54, 1.807) is 107 Å². The second-order valence-electron chi connectivity index (χ2n) is 15.8. The van der Waals surface area contributed by atoms with Gasteiger partial charge in [-0.05, 0) is 112 Å². The molecule has 0 spiro atoms. The van der Waals surface area contributed by atoms with Crippen molar-refractivity contribution in [3.05, 3.63) is 60.4 Å². The van der Waals surface area contributed by atoms with Crippen molar-refractivity contribution in [1.82, 2.24) is 25.1 Å². The molecule has 0 fully saturated rings. The standard InChI is InChI=1S/C38H48N6O9S/c1-23(2)54(48,49)27-17-18-29(39-21-27)26-19-28(30(40-20-26)44(34(46)52-37(6,7)8)35(47)53-38(9,10)11)32-42-41-31(50-32)25-15-13-24(14-16-25)22-43(12)33(45)51-36(3,4)5/h13-21,23H,22H2,1-12H3. The largest absolute Gasteiger partial charge is 0.444 e. The molecule has 4 rings (SSSR count). The highest BCUT2D eigenvalue weighted by molar-refractivity contribution is 7.92. The number of hydrogen-bond donors (Lipinski definition) is 0. The quantitative estimate of drug-likeness (QED) is 0.157. The average Bonchev–Trinajstić information content (AvgIpc) is 3.53. The fourth-order valence-corrected chi connectivity index (χ4v) is 5.67. The molecule has 0 unspecified atom stereocenters. The summed E-state index contributed by atoms with van der Waals surface area (Å²) in [6, 6.07) is 11.6. The first kappa shape index (κ1) is 41.4. The van der Waals surface area contributed by atoms with Gasteiger partial charge in [-0.2, -0.15) is 4.90 Å². The third-order valence-electron chi connectivity index (χ3n) is 7.19. The number of hydrogen-bond acceptors (Lipinski definition) is 13. The summed E-state index contributed by atoms with van der Waals surface area (Å²) >= 11 is 0. The van der Waals surface area contributed by atoms with Gasteiger partial charge in [-0.25, -0.2) is 27.8 Å². The van der Waals surface area contributed by atoms with E-state index in [0.717, 1.165) is 5.56 Å². The number of pyridine rings is 2.